The van der Waals surface area contributed by atoms with Gasteiger partial charge >= 0.3 is 5.97 Å². The molecule has 0 saturated carbocycles. The highest BCUT2D eigenvalue weighted by atomic mass is 79.9. The van der Waals surface area contributed by atoms with Gasteiger partial charge in [-0.1, -0.05) is 0 Å². The number of benzene rings is 1. The fourth-order valence-corrected chi connectivity index (χ4v) is 4.91. The topological polar surface area (TPSA) is 94.9 Å². The van der Waals surface area contributed by atoms with Crippen LogP contribution in [0.2, 0.25) is 0 Å². The number of aliphatic hydroxyl groups is 1. The first-order valence-electron chi connectivity index (χ1n) is 5.72. The Kier molecular flexibility index (Phi) is 4.34. The molecule has 1 heterocycles. The van der Waals surface area contributed by atoms with Gasteiger partial charge in [-0.2, -0.15) is 4.31 Å². The fraction of sp³-hybridized carbons (Fsp3) is 0.364. The van der Waals surface area contributed by atoms with E-state index in [1.807, 2.05) is 0 Å². The lowest BCUT2D eigenvalue weighted by Gasteiger charge is -2.21. The largest absolute Gasteiger partial charge is 0.480 e. The van der Waals surface area contributed by atoms with Gasteiger partial charge in [0.15, 0.2) is 0 Å². The number of nitrogens with zero attached hydrogens (tertiary/aromatic N) is 1. The minimum absolute atomic E-state index is 0.297. The summed E-state index contributed by atoms with van der Waals surface area (Å²) < 4.78 is 51.8. The quantitative estimate of drug-likeness (QED) is 0.806. The molecular weight excluding hydrogens is 376 g/mol. The second kappa shape index (κ2) is 5.59. The van der Waals surface area contributed by atoms with E-state index < -0.39 is 51.2 Å². The number of hydrogen-bond donors (Lipinski definition) is 2. The van der Waals surface area contributed by atoms with Crippen LogP contribution < -0.4 is 0 Å². The minimum Gasteiger partial charge on any atom is -0.480 e. The number of sulfonamides is 1. The van der Waals surface area contributed by atoms with E-state index in [9.17, 15) is 27.1 Å². The van der Waals surface area contributed by atoms with E-state index >= 15 is 0 Å². The third kappa shape index (κ3) is 2.93. The van der Waals surface area contributed by atoms with Crippen LogP contribution in [0.25, 0.3) is 0 Å². The van der Waals surface area contributed by atoms with Crippen LogP contribution in [0.5, 0.6) is 0 Å². The Labute approximate surface area is 127 Å². The van der Waals surface area contributed by atoms with Crippen molar-refractivity contribution in [3.63, 3.8) is 0 Å². The Morgan fingerprint density at radius 3 is 2.52 bits per heavy atom. The number of rotatable bonds is 3. The van der Waals surface area contributed by atoms with E-state index in [0.717, 1.165) is 6.07 Å². The van der Waals surface area contributed by atoms with Crippen molar-refractivity contribution < 1.29 is 32.2 Å². The molecule has 1 aliphatic heterocycles. The SMILES string of the molecule is O=C(O)[C@@H]1C[C@H](O)CN1S(=O)(=O)c1c(F)cc(F)cc1Br. The van der Waals surface area contributed by atoms with Crippen LogP contribution in [-0.2, 0) is 14.8 Å². The van der Waals surface area contributed by atoms with E-state index in [2.05, 4.69) is 15.9 Å². The zero-order chi connectivity index (χ0) is 15.9. The van der Waals surface area contributed by atoms with Crippen molar-refractivity contribution in [2.75, 3.05) is 6.54 Å². The third-order valence-electron chi connectivity index (χ3n) is 3.05. The molecule has 10 heteroatoms. The summed E-state index contributed by atoms with van der Waals surface area (Å²) in [4.78, 5) is 10.2. The molecule has 1 fully saturated rings. The number of aliphatic carboxylic acids is 1. The molecule has 2 N–H and O–H groups in total. The second-order valence-corrected chi connectivity index (χ2v) is 7.20. The highest BCUT2D eigenvalue weighted by Gasteiger charge is 2.45. The molecule has 21 heavy (non-hydrogen) atoms. The van der Waals surface area contributed by atoms with Crippen LogP contribution in [0, 0.1) is 11.6 Å². The standard InChI is InChI=1S/C11H10BrF2NO5S/c12-7-1-5(13)2-8(14)10(7)21(19,20)15-4-6(16)3-9(15)11(17)18/h1-2,6,9,16H,3-4H2,(H,17,18)/t6-,9-/m0/s1. The van der Waals surface area contributed by atoms with Crippen molar-refractivity contribution in [1.29, 1.82) is 0 Å². The number of carboxylic acids is 1. The van der Waals surface area contributed by atoms with Gasteiger partial charge in [0.05, 0.1) is 6.10 Å². The van der Waals surface area contributed by atoms with Gasteiger partial charge in [-0.25, -0.2) is 17.2 Å². The molecular formula is C11H10BrF2NO5S. The van der Waals surface area contributed by atoms with Gasteiger partial charge in [0.1, 0.15) is 22.6 Å². The first-order valence-corrected chi connectivity index (χ1v) is 7.95. The Hall–Kier alpha value is -1.10. The maximum Gasteiger partial charge on any atom is 0.322 e. The van der Waals surface area contributed by atoms with Crippen molar-refractivity contribution in [3.05, 3.63) is 28.2 Å². The van der Waals surface area contributed by atoms with E-state index in [-0.39, 0.29) is 10.9 Å². The zero-order valence-electron chi connectivity index (χ0n) is 10.3. The average Bonchev–Trinajstić information content (AvgIpc) is 2.70. The van der Waals surface area contributed by atoms with E-state index in [4.69, 9.17) is 5.11 Å². The minimum atomic E-state index is -4.54. The number of hydrogen-bond acceptors (Lipinski definition) is 4. The third-order valence-corrected chi connectivity index (χ3v) is 5.89. The zero-order valence-corrected chi connectivity index (χ0v) is 12.7. The van der Waals surface area contributed by atoms with Gasteiger partial charge in [-0.05, 0) is 22.0 Å². The lowest BCUT2D eigenvalue weighted by molar-refractivity contribution is -0.140. The number of aliphatic hydroxyl groups excluding tert-OH is 1. The van der Waals surface area contributed by atoms with Crippen molar-refractivity contribution in [1.82, 2.24) is 4.31 Å². The Morgan fingerprint density at radius 2 is 2.00 bits per heavy atom. The smallest absolute Gasteiger partial charge is 0.322 e. The monoisotopic (exact) mass is 385 g/mol. The van der Waals surface area contributed by atoms with Crippen molar-refractivity contribution in [2.24, 2.45) is 0 Å². The lowest BCUT2D eigenvalue weighted by atomic mass is 10.2. The highest BCUT2D eigenvalue weighted by molar-refractivity contribution is 9.10. The average molecular weight is 386 g/mol. The van der Waals surface area contributed by atoms with Crippen LogP contribution in [0.3, 0.4) is 0 Å². The first kappa shape index (κ1) is 16.3. The van der Waals surface area contributed by atoms with Gasteiger partial charge in [-0.15, -0.1) is 0 Å². The fourth-order valence-electron chi connectivity index (χ4n) is 2.17. The summed E-state index contributed by atoms with van der Waals surface area (Å²) >= 11 is 2.76. The Morgan fingerprint density at radius 1 is 1.38 bits per heavy atom. The summed E-state index contributed by atoms with van der Waals surface area (Å²) in [7, 11) is -4.54. The summed E-state index contributed by atoms with van der Waals surface area (Å²) in [6.07, 6.45) is -1.46. The number of carbonyl (C=O) groups is 1. The molecule has 1 saturated heterocycles. The number of β-amino-alcohol motifs (C(OH)–C–C–N with tert-alkyl or cyclic N) is 1. The summed E-state index contributed by atoms with van der Waals surface area (Å²) in [5.74, 6) is -3.77. The molecule has 116 valence electrons. The molecule has 1 aromatic carbocycles. The van der Waals surface area contributed by atoms with Gasteiger partial charge < -0.3 is 10.2 Å². The number of halogens is 3. The molecule has 2 atom stereocenters. The normalized spacial score (nSPS) is 23.4. The molecule has 2 rings (SSSR count). The molecule has 1 aliphatic rings. The Balaban J connectivity index is 2.55. The molecule has 0 spiro atoms. The van der Waals surface area contributed by atoms with Gasteiger partial charge in [0, 0.05) is 23.5 Å². The van der Waals surface area contributed by atoms with Crippen LogP contribution >= 0.6 is 15.9 Å². The van der Waals surface area contributed by atoms with Crippen molar-refractivity contribution in [2.45, 2.75) is 23.5 Å². The molecule has 1 aromatic rings. The van der Waals surface area contributed by atoms with Gasteiger partial charge in [-0.3, -0.25) is 4.79 Å². The molecule has 6 nitrogen and oxygen atoms in total. The number of carboxylic acid groups (broad SMARTS) is 1. The van der Waals surface area contributed by atoms with Gasteiger partial charge in [0.2, 0.25) is 10.0 Å². The summed E-state index contributed by atoms with van der Waals surface area (Å²) in [5.41, 5.74) is 0. The Bertz CT molecular complexity index is 673. The van der Waals surface area contributed by atoms with Crippen LogP contribution in [0.15, 0.2) is 21.5 Å². The lowest BCUT2D eigenvalue weighted by Crippen LogP contribution is -2.41. The second-order valence-electron chi connectivity index (χ2n) is 4.52. The van der Waals surface area contributed by atoms with Crippen molar-refractivity contribution in [3.8, 4) is 0 Å². The molecule has 0 aliphatic carbocycles. The maximum absolute atomic E-state index is 13.8. The van der Waals surface area contributed by atoms with Crippen LogP contribution in [0.1, 0.15) is 6.42 Å². The maximum atomic E-state index is 13.8. The van der Waals surface area contributed by atoms with E-state index in [1.54, 1.807) is 0 Å². The van der Waals surface area contributed by atoms with E-state index in [0.29, 0.717) is 10.4 Å². The molecule has 0 unspecified atom stereocenters. The van der Waals surface area contributed by atoms with Crippen molar-refractivity contribution >= 4 is 31.9 Å². The highest BCUT2D eigenvalue weighted by Crippen LogP contribution is 2.33. The first-order chi connectivity index (χ1) is 9.64. The molecule has 0 bridgehead atoms. The predicted molar refractivity (Wildman–Crippen MR) is 70.0 cm³/mol. The molecule has 0 radical (unpaired) electrons. The molecule has 0 amide bonds. The van der Waals surface area contributed by atoms with Crippen LogP contribution in [-0.4, -0.2) is 47.6 Å². The summed E-state index contributed by atoms with van der Waals surface area (Å²) in [6.45, 7) is -0.470. The van der Waals surface area contributed by atoms with E-state index in [1.165, 1.54) is 0 Å². The predicted octanol–water partition coefficient (Wildman–Crippen LogP) is 0.936. The van der Waals surface area contributed by atoms with Crippen LogP contribution in [0.4, 0.5) is 8.78 Å². The summed E-state index contributed by atoms with van der Waals surface area (Å²) in [5, 5.41) is 18.5. The van der Waals surface area contributed by atoms with Gasteiger partial charge in [0.25, 0.3) is 0 Å². The summed E-state index contributed by atoms with van der Waals surface area (Å²) in [6, 6.07) is -0.348. The molecule has 0 aromatic heterocycles.